The van der Waals surface area contributed by atoms with Crippen LogP contribution in [0.25, 0.3) is 11.0 Å². The summed E-state index contributed by atoms with van der Waals surface area (Å²) in [5.41, 5.74) is 4.29. The molecule has 0 radical (unpaired) electrons. The number of carbonyl (C=O) groups excluding carboxylic acids is 1. The van der Waals surface area contributed by atoms with Crippen LogP contribution >= 0.6 is 0 Å². The van der Waals surface area contributed by atoms with E-state index in [4.69, 9.17) is 19.2 Å². The first-order chi connectivity index (χ1) is 18.9. The van der Waals surface area contributed by atoms with Gasteiger partial charge in [-0.2, -0.15) is 0 Å². The van der Waals surface area contributed by atoms with Crippen molar-refractivity contribution in [2.24, 2.45) is 0 Å². The van der Waals surface area contributed by atoms with Crippen molar-refractivity contribution in [2.45, 2.75) is 51.5 Å². The van der Waals surface area contributed by atoms with Gasteiger partial charge in [-0.15, -0.1) is 0 Å². The summed E-state index contributed by atoms with van der Waals surface area (Å²) >= 11 is 0. The third-order valence-electron chi connectivity index (χ3n) is 7.53. The smallest absolute Gasteiger partial charge is 0.227 e. The van der Waals surface area contributed by atoms with E-state index in [1.165, 1.54) is 5.56 Å². The molecule has 0 spiro atoms. The summed E-state index contributed by atoms with van der Waals surface area (Å²) in [6, 6.07) is 22.3. The fourth-order valence-corrected chi connectivity index (χ4v) is 5.43. The van der Waals surface area contributed by atoms with Gasteiger partial charge in [0.05, 0.1) is 17.6 Å². The summed E-state index contributed by atoms with van der Waals surface area (Å²) in [7, 11) is 0. The maximum absolute atomic E-state index is 13.2. The fraction of sp³-hybridized carbons (Fsp3) is 0.375. The summed E-state index contributed by atoms with van der Waals surface area (Å²) in [4.78, 5) is 20.0. The molecule has 7 nitrogen and oxygen atoms in total. The van der Waals surface area contributed by atoms with Crippen LogP contribution in [0.5, 0.6) is 17.2 Å². The van der Waals surface area contributed by atoms with Gasteiger partial charge in [0.1, 0.15) is 24.8 Å². The summed E-state index contributed by atoms with van der Waals surface area (Å²) in [6.07, 6.45) is 1.26. The number of amides is 1. The van der Waals surface area contributed by atoms with Crippen LogP contribution in [-0.4, -0.2) is 41.8 Å². The Kier molecular flexibility index (Phi) is 6.67. The quantitative estimate of drug-likeness (QED) is 0.273. The molecule has 1 aromatic heterocycles. The third kappa shape index (κ3) is 5.18. The van der Waals surface area contributed by atoms with Crippen LogP contribution in [0.4, 0.5) is 5.69 Å². The van der Waals surface area contributed by atoms with Crippen molar-refractivity contribution in [3.8, 4) is 17.2 Å². The highest BCUT2D eigenvalue weighted by Crippen LogP contribution is 2.38. The molecule has 0 aliphatic carbocycles. The first kappa shape index (κ1) is 25.3. The lowest BCUT2D eigenvalue weighted by Gasteiger charge is -2.22. The Morgan fingerprint density at radius 2 is 1.74 bits per heavy atom. The molecular formula is C32H35N3O4. The number of benzene rings is 3. The molecule has 1 saturated heterocycles. The van der Waals surface area contributed by atoms with Gasteiger partial charge in [0.2, 0.25) is 5.91 Å². The maximum Gasteiger partial charge on any atom is 0.227 e. The van der Waals surface area contributed by atoms with Gasteiger partial charge in [-0.25, -0.2) is 4.98 Å². The third-order valence-corrected chi connectivity index (χ3v) is 7.53. The van der Waals surface area contributed by atoms with E-state index in [-0.39, 0.29) is 17.2 Å². The maximum atomic E-state index is 13.2. The lowest BCUT2D eigenvalue weighted by atomic mass is 9.87. The van der Waals surface area contributed by atoms with Gasteiger partial charge in [0.15, 0.2) is 11.5 Å². The molecule has 0 N–H and O–H groups in total. The average molecular weight is 526 g/mol. The minimum Gasteiger partial charge on any atom is -0.494 e. The first-order valence-electron chi connectivity index (χ1n) is 13.8. The number of hydrogen-bond donors (Lipinski definition) is 0. The molecule has 0 saturated carbocycles. The van der Waals surface area contributed by atoms with E-state index in [2.05, 4.69) is 55.7 Å². The Bertz CT molecular complexity index is 1490. The fourth-order valence-electron chi connectivity index (χ4n) is 5.43. The predicted molar refractivity (Wildman–Crippen MR) is 152 cm³/mol. The predicted octanol–water partition coefficient (Wildman–Crippen LogP) is 6.09. The summed E-state index contributed by atoms with van der Waals surface area (Å²) in [6.45, 7) is 9.65. The van der Waals surface area contributed by atoms with Gasteiger partial charge in [0.25, 0.3) is 0 Å². The van der Waals surface area contributed by atoms with E-state index in [0.717, 1.165) is 47.0 Å². The van der Waals surface area contributed by atoms with Gasteiger partial charge in [-0.1, -0.05) is 45.0 Å². The highest BCUT2D eigenvalue weighted by molar-refractivity contribution is 5.97. The molecule has 4 aromatic rings. The molecule has 7 heteroatoms. The molecule has 1 fully saturated rings. The number of carbonyl (C=O) groups is 1. The average Bonchev–Trinajstić information content (AvgIpc) is 3.51. The molecule has 3 heterocycles. The minimum atomic E-state index is 0.00367. The van der Waals surface area contributed by atoms with E-state index in [1.807, 2.05) is 41.3 Å². The van der Waals surface area contributed by atoms with Crippen LogP contribution in [0.15, 0.2) is 66.7 Å². The van der Waals surface area contributed by atoms with Crippen LogP contribution < -0.4 is 19.1 Å². The second-order valence-electron chi connectivity index (χ2n) is 11.3. The second kappa shape index (κ2) is 10.3. The van der Waals surface area contributed by atoms with Crippen molar-refractivity contribution in [2.75, 3.05) is 31.3 Å². The Morgan fingerprint density at radius 3 is 2.54 bits per heavy atom. The Hall–Kier alpha value is -4.00. The molecule has 3 aromatic carbocycles. The number of aromatic nitrogens is 2. The molecule has 2 aliphatic rings. The molecular weight excluding hydrogens is 490 g/mol. The molecule has 6 rings (SSSR count). The first-order valence-corrected chi connectivity index (χ1v) is 13.8. The Labute approximate surface area is 229 Å². The van der Waals surface area contributed by atoms with Gasteiger partial charge in [-0.05, 0) is 53.8 Å². The number of rotatable bonds is 7. The zero-order chi connectivity index (χ0) is 27.0. The molecule has 1 amide bonds. The molecule has 1 atom stereocenters. The van der Waals surface area contributed by atoms with E-state index in [1.54, 1.807) is 0 Å². The summed E-state index contributed by atoms with van der Waals surface area (Å²) in [5, 5.41) is 0. The molecule has 202 valence electrons. The number of fused-ring (bicyclic) bond motifs is 2. The normalized spacial score (nSPS) is 17.2. The van der Waals surface area contributed by atoms with Crippen LogP contribution in [0.3, 0.4) is 0 Å². The van der Waals surface area contributed by atoms with Crippen molar-refractivity contribution >= 4 is 22.6 Å². The van der Waals surface area contributed by atoms with Gasteiger partial charge >= 0.3 is 0 Å². The Balaban J connectivity index is 1.17. The summed E-state index contributed by atoms with van der Waals surface area (Å²) in [5.74, 6) is 3.35. The molecule has 1 unspecified atom stereocenters. The van der Waals surface area contributed by atoms with Crippen LogP contribution in [0, 0.1) is 0 Å². The van der Waals surface area contributed by atoms with Crippen molar-refractivity contribution in [1.82, 2.24) is 9.55 Å². The van der Waals surface area contributed by atoms with Gasteiger partial charge in [-0.3, -0.25) is 4.79 Å². The van der Waals surface area contributed by atoms with E-state index in [0.29, 0.717) is 38.5 Å². The minimum absolute atomic E-state index is 0.00367. The van der Waals surface area contributed by atoms with Crippen LogP contribution in [-0.2, 0) is 16.8 Å². The number of aryl methyl sites for hydroxylation is 1. The highest BCUT2D eigenvalue weighted by atomic mass is 16.6. The number of imidazole rings is 1. The van der Waals surface area contributed by atoms with Gasteiger partial charge < -0.3 is 23.7 Å². The Morgan fingerprint density at radius 1 is 0.974 bits per heavy atom. The van der Waals surface area contributed by atoms with E-state index in [9.17, 15) is 4.79 Å². The monoisotopic (exact) mass is 525 g/mol. The van der Waals surface area contributed by atoms with Gasteiger partial charge in [0, 0.05) is 37.2 Å². The summed E-state index contributed by atoms with van der Waals surface area (Å²) < 4.78 is 19.7. The number of para-hydroxylation sites is 2. The van der Waals surface area contributed by atoms with Crippen LogP contribution in [0.2, 0.25) is 0 Å². The standard InChI is InChI=1S/C32H35N3O4/c1-32(2,3)23-9-12-25(13-10-23)37-16-6-15-34-27-8-5-4-7-26(27)33-31(34)22-19-30(36)35(21-22)24-11-14-28-29(20-24)39-18-17-38-28/h4-5,7-14,20,22H,6,15-19,21H2,1-3H3. The zero-order valence-corrected chi connectivity index (χ0v) is 22.9. The number of ether oxygens (including phenoxy) is 3. The largest absolute Gasteiger partial charge is 0.494 e. The second-order valence-corrected chi connectivity index (χ2v) is 11.3. The van der Waals surface area contributed by atoms with Crippen molar-refractivity contribution in [3.63, 3.8) is 0 Å². The zero-order valence-electron chi connectivity index (χ0n) is 22.9. The lowest BCUT2D eigenvalue weighted by molar-refractivity contribution is -0.117. The number of anilines is 1. The lowest BCUT2D eigenvalue weighted by Crippen LogP contribution is -2.25. The topological polar surface area (TPSA) is 65.8 Å². The SMILES string of the molecule is CC(C)(C)c1ccc(OCCCn2c(C3CC(=O)N(c4ccc5c(c4)OCCO5)C3)nc3ccccc32)cc1. The molecule has 0 bridgehead atoms. The van der Waals surface area contributed by atoms with E-state index >= 15 is 0 Å². The number of hydrogen-bond acceptors (Lipinski definition) is 5. The molecule has 39 heavy (non-hydrogen) atoms. The van der Waals surface area contributed by atoms with Crippen molar-refractivity contribution in [1.29, 1.82) is 0 Å². The van der Waals surface area contributed by atoms with Crippen LogP contribution in [0.1, 0.15) is 50.9 Å². The number of nitrogens with zero attached hydrogens (tertiary/aromatic N) is 3. The molecule has 2 aliphatic heterocycles. The highest BCUT2D eigenvalue weighted by Gasteiger charge is 2.35. The van der Waals surface area contributed by atoms with Crippen molar-refractivity contribution in [3.05, 3.63) is 78.1 Å². The van der Waals surface area contributed by atoms with E-state index < -0.39 is 0 Å². The van der Waals surface area contributed by atoms with Crippen molar-refractivity contribution < 1.29 is 19.0 Å².